The molecule has 0 rings (SSSR count). The van der Waals surface area contributed by atoms with Gasteiger partial charge in [-0.1, -0.05) is 0 Å². The minimum Gasteiger partial charge on any atom is -0.512 e. The fourth-order valence-electron chi connectivity index (χ4n) is 0. The summed E-state index contributed by atoms with van der Waals surface area (Å²) in [6, 6.07) is 0. The van der Waals surface area contributed by atoms with Crippen LogP contribution >= 0.6 is 0 Å². The third-order valence-corrected chi connectivity index (χ3v) is 0. The van der Waals surface area contributed by atoms with Gasteiger partial charge in [-0.15, -0.1) is 0 Å². The molecule has 0 saturated heterocycles. The van der Waals surface area contributed by atoms with Crippen molar-refractivity contribution in [2.24, 2.45) is 0 Å². The van der Waals surface area contributed by atoms with Gasteiger partial charge in [-0.25, -0.2) is 0 Å². The van der Waals surface area contributed by atoms with Crippen molar-refractivity contribution in [3.8, 4) is 0 Å². The summed E-state index contributed by atoms with van der Waals surface area (Å²) in [6.07, 6.45) is 0. The molecule has 130 valence electrons. The molecular weight excluding hydrogens is 761 g/mol. The maximum absolute atomic E-state index is 6.25. The van der Waals surface area contributed by atoms with Crippen LogP contribution in [-0.4, -0.2) is 0 Å². The van der Waals surface area contributed by atoms with E-state index >= 15 is 0 Å². The van der Waals surface area contributed by atoms with Crippen LogP contribution in [0.15, 0.2) is 0 Å². The standard InChI is InChI=1S/12CN.3Cd.2Fe/c12*1-2;;;;;/q12*-1;3*+2;2*+3. The summed E-state index contributed by atoms with van der Waals surface area (Å²) >= 11 is 0. The van der Waals surface area contributed by atoms with Gasteiger partial charge in [0.25, 0.3) is 0 Å². The third-order valence-electron chi connectivity index (χ3n) is 0. The molecule has 0 atom stereocenters. The quantitative estimate of drug-likeness (QED) is 0.248. The van der Waals surface area contributed by atoms with Gasteiger partial charge in [0.15, 0.2) is 0 Å². The molecule has 0 amide bonds. The Balaban J connectivity index is -0.00000000356. The van der Waals surface area contributed by atoms with E-state index in [1.807, 2.05) is 0 Å². The first-order valence-corrected chi connectivity index (χ1v) is 2.68. The largest absolute Gasteiger partial charge is 3.00 e. The second-order valence-electron chi connectivity index (χ2n) is 0. The zero-order chi connectivity index (χ0) is 24.0. The number of hydrogen-bond donors (Lipinski definition) is 0. The summed E-state index contributed by atoms with van der Waals surface area (Å²) in [4.78, 5) is 0. The zero-order valence-corrected chi connectivity index (χ0v) is 28.5. The van der Waals surface area contributed by atoms with Crippen LogP contribution in [0.1, 0.15) is 0 Å². The summed E-state index contributed by atoms with van der Waals surface area (Å²) in [5, 5.41) is 75.0. The van der Waals surface area contributed by atoms with Crippen LogP contribution in [-0.2, 0) is 116 Å². The topological polar surface area (TPSA) is 285 Å². The first kappa shape index (κ1) is 188. The third kappa shape index (κ3) is 2690. The van der Waals surface area contributed by atoms with Crippen LogP contribution in [0.25, 0.3) is 0 Å². The first-order chi connectivity index (χ1) is 12.0. The summed E-state index contributed by atoms with van der Waals surface area (Å²) in [7, 11) is 0. The van der Waals surface area contributed by atoms with Crippen molar-refractivity contribution in [3.05, 3.63) is 78.9 Å². The van der Waals surface area contributed by atoms with Gasteiger partial charge >= 0.3 is 116 Å². The number of rotatable bonds is 0. The van der Waals surface area contributed by atoms with Crippen molar-refractivity contribution in [1.82, 2.24) is 0 Å². The molecule has 0 N–H and O–H groups in total. The van der Waals surface area contributed by atoms with Crippen molar-refractivity contribution in [2.45, 2.75) is 0 Å². The molecule has 0 saturated carbocycles. The van der Waals surface area contributed by atoms with Gasteiger partial charge in [0.1, 0.15) is 0 Å². The Morgan fingerprint density at radius 2 is 0.172 bits per heavy atom. The molecule has 17 heteroatoms. The van der Waals surface area contributed by atoms with Crippen LogP contribution in [0.2, 0.25) is 0 Å². The van der Waals surface area contributed by atoms with E-state index in [9.17, 15) is 0 Å². The molecule has 0 aliphatic rings. The monoisotopic (exact) mass is 766 g/mol. The molecule has 29 heavy (non-hydrogen) atoms. The van der Waals surface area contributed by atoms with E-state index in [1.165, 1.54) is 0 Å². The van der Waals surface area contributed by atoms with E-state index in [0.717, 1.165) is 0 Å². The SMILES string of the molecule is [C-]#N.[C-]#N.[C-]#N.[C-]#N.[C-]#N.[C-]#N.[C-]#N.[C-]#N.[C-]#N.[C-]#N.[C-]#N.[C-]#N.[Cd+2].[Cd+2].[Cd+2].[Fe+3].[Fe+3]. The van der Waals surface area contributed by atoms with Crippen molar-refractivity contribution < 1.29 is 116 Å². The summed E-state index contributed by atoms with van der Waals surface area (Å²) in [6.45, 7) is 57.0. The Labute approximate surface area is 255 Å². The summed E-state index contributed by atoms with van der Waals surface area (Å²) in [5.74, 6) is 0. The number of hydrogen-bond acceptors (Lipinski definition) is 12. The molecule has 0 aliphatic heterocycles. The molecular formula is C12Cd3Fe2N12. The van der Waals surface area contributed by atoms with Crippen molar-refractivity contribution in [3.63, 3.8) is 0 Å². The van der Waals surface area contributed by atoms with Gasteiger partial charge < -0.3 is 142 Å². The molecule has 0 aromatic rings. The molecule has 0 aromatic carbocycles. The molecule has 0 bridgehead atoms. The van der Waals surface area contributed by atoms with E-state index in [0.29, 0.717) is 0 Å². The summed E-state index contributed by atoms with van der Waals surface area (Å²) < 4.78 is 0. The van der Waals surface area contributed by atoms with E-state index in [2.05, 4.69) is 0 Å². The molecule has 0 fully saturated rings. The van der Waals surface area contributed by atoms with Crippen LogP contribution in [0, 0.1) is 142 Å². The molecule has 0 unspecified atom stereocenters. The van der Waals surface area contributed by atoms with Gasteiger partial charge in [0, 0.05) is 0 Å². The number of nitrogens with zero attached hydrogens (tertiary/aromatic N) is 12. The Morgan fingerprint density at radius 3 is 0.172 bits per heavy atom. The Kier molecular flexibility index (Phi) is 18900. The predicted molar refractivity (Wildman–Crippen MR) is 59.6 cm³/mol. The van der Waals surface area contributed by atoms with E-state index in [1.54, 1.807) is 0 Å². The molecule has 0 aromatic heterocycles. The van der Waals surface area contributed by atoms with E-state index in [-0.39, 0.29) is 116 Å². The first-order valence-electron chi connectivity index (χ1n) is 2.68. The Bertz CT molecular complexity index is 234. The second kappa shape index (κ2) is 2920. The Hall–Kier alpha value is -2.31. The predicted octanol–water partition coefficient (Wildman–Crippen LogP) is 1.14. The average Bonchev–Trinajstić information content (AvgIpc) is 2.84. The molecule has 12 nitrogen and oxygen atoms in total. The van der Waals surface area contributed by atoms with Crippen LogP contribution in [0.3, 0.4) is 0 Å². The summed E-state index contributed by atoms with van der Waals surface area (Å²) in [5.41, 5.74) is 0. The van der Waals surface area contributed by atoms with E-state index < -0.39 is 0 Å². The van der Waals surface area contributed by atoms with E-state index in [4.69, 9.17) is 142 Å². The van der Waals surface area contributed by atoms with Crippen LogP contribution in [0.4, 0.5) is 0 Å². The Morgan fingerprint density at radius 1 is 0.172 bits per heavy atom. The molecule has 0 heterocycles. The van der Waals surface area contributed by atoms with Gasteiger partial charge in [0.2, 0.25) is 0 Å². The minimum absolute atomic E-state index is 0. The fourth-order valence-corrected chi connectivity index (χ4v) is 0. The maximum atomic E-state index is 6.25. The van der Waals surface area contributed by atoms with Crippen LogP contribution < -0.4 is 0 Å². The average molecular weight is 761 g/mol. The minimum atomic E-state index is 0. The molecule has 0 aliphatic carbocycles. The van der Waals surface area contributed by atoms with Gasteiger partial charge in [0.05, 0.1) is 0 Å². The van der Waals surface area contributed by atoms with Crippen molar-refractivity contribution in [2.75, 3.05) is 0 Å². The van der Waals surface area contributed by atoms with Crippen LogP contribution in [0.5, 0.6) is 0 Å². The normalized spacial score (nSPS) is 0.828. The molecule has 2 radical (unpaired) electrons. The van der Waals surface area contributed by atoms with Crippen molar-refractivity contribution >= 4 is 0 Å². The zero-order valence-electron chi connectivity index (χ0n) is 14.2. The fraction of sp³-hybridized carbons (Fsp3) is 0. The second-order valence-corrected chi connectivity index (χ2v) is 0. The maximum Gasteiger partial charge on any atom is 3.00 e. The molecule has 0 spiro atoms. The smallest absolute Gasteiger partial charge is 0.512 e. The van der Waals surface area contributed by atoms with Gasteiger partial charge in [-0.2, -0.15) is 0 Å². The van der Waals surface area contributed by atoms with Gasteiger partial charge in [-0.05, 0) is 0 Å². The van der Waals surface area contributed by atoms with Crippen molar-refractivity contribution in [1.29, 1.82) is 63.1 Å². The van der Waals surface area contributed by atoms with Gasteiger partial charge in [-0.3, -0.25) is 0 Å².